The minimum Gasteiger partial charge on any atom is -0.345 e. The van der Waals surface area contributed by atoms with Gasteiger partial charge in [0.25, 0.3) is 0 Å². The number of amidine groups is 1. The molecule has 3 heterocycles. The van der Waals surface area contributed by atoms with Gasteiger partial charge >= 0.3 is 6.18 Å². The highest BCUT2D eigenvalue weighted by molar-refractivity contribution is 6.04. The van der Waals surface area contributed by atoms with Crippen LogP contribution in [0.15, 0.2) is 47.4 Å². The summed E-state index contributed by atoms with van der Waals surface area (Å²) in [4.78, 5) is 11.4. The second kappa shape index (κ2) is 6.59. The quantitative estimate of drug-likeness (QED) is 0.448. The number of imidazole rings is 1. The van der Waals surface area contributed by atoms with Crippen molar-refractivity contribution in [2.75, 3.05) is 5.32 Å². The van der Waals surface area contributed by atoms with E-state index < -0.39 is 17.7 Å². The van der Waals surface area contributed by atoms with E-state index in [9.17, 15) is 13.2 Å². The molecule has 1 saturated carbocycles. The van der Waals surface area contributed by atoms with Crippen LogP contribution in [0.25, 0.3) is 11.0 Å². The van der Waals surface area contributed by atoms with Crippen LogP contribution in [0.3, 0.4) is 0 Å². The number of benzene rings is 1. The van der Waals surface area contributed by atoms with Gasteiger partial charge in [0, 0.05) is 30.2 Å². The third-order valence-electron chi connectivity index (χ3n) is 5.09. The maximum Gasteiger partial charge on any atom is 0.431 e. The highest BCUT2D eigenvalue weighted by Crippen LogP contribution is 2.39. The van der Waals surface area contributed by atoms with Crippen LogP contribution in [0, 0.1) is 0 Å². The van der Waals surface area contributed by atoms with Crippen molar-refractivity contribution in [3.8, 4) is 0 Å². The van der Waals surface area contributed by atoms with Crippen LogP contribution in [0.4, 0.5) is 19.0 Å². The molecule has 0 amide bonds. The number of H-pyrrole nitrogens is 2. The molecule has 0 spiro atoms. The van der Waals surface area contributed by atoms with Crippen molar-refractivity contribution >= 4 is 22.7 Å². The molecule has 1 aliphatic carbocycles. The normalized spacial score (nSPS) is 21.9. The van der Waals surface area contributed by atoms with Crippen LogP contribution in [0.1, 0.15) is 30.0 Å². The SMILES string of the molecule is NC1(Cc2ccc3nc[nH]c3c2)N=C(Nc2cc(C3CC3)[nH]n2)C=C(C(F)(F)F)N1. The zero-order valence-electron chi connectivity index (χ0n) is 15.7. The van der Waals surface area contributed by atoms with Gasteiger partial charge in [-0.1, -0.05) is 6.07 Å². The number of rotatable bonds is 4. The van der Waals surface area contributed by atoms with E-state index >= 15 is 0 Å². The predicted molar refractivity (Wildman–Crippen MR) is 106 cm³/mol. The molecule has 0 bridgehead atoms. The number of alkyl halides is 3. The van der Waals surface area contributed by atoms with Crippen molar-refractivity contribution in [1.82, 2.24) is 25.5 Å². The summed E-state index contributed by atoms with van der Waals surface area (Å²) in [5.74, 6) is -0.863. The van der Waals surface area contributed by atoms with Gasteiger partial charge in [0.2, 0.25) is 0 Å². The number of anilines is 1. The average molecular weight is 416 g/mol. The van der Waals surface area contributed by atoms with Crippen molar-refractivity contribution in [3.05, 3.63) is 53.6 Å². The van der Waals surface area contributed by atoms with Crippen LogP contribution in [-0.2, 0) is 6.42 Å². The largest absolute Gasteiger partial charge is 0.431 e. The zero-order chi connectivity index (χ0) is 20.9. The van der Waals surface area contributed by atoms with E-state index in [2.05, 4.69) is 35.8 Å². The summed E-state index contributed by atoms with van der Waals surface area (Å²) in [6.45, 7) is 0. The Morgan fingerprint density at radius 2 is 2.07 bits per heavy atom. The lowest BCUT2D eigenvalue weighted by molar-refractivity contribution is -0.0998. The molecule has 3 aromatic rings. The van der Waals surface area contributed by atoms with E-state index in [1.807, 2.05) is 0 Å². The summed E-state index contributed by atoms with van der Waals surface area (Å²) < 4.78 is 40.5. The number of fused-ring (bicyclic) bond motifs is 1. The van der Waals surface area contributed by atoms with Gasteiger partial charge in [-0.15, -0.1) is 0 Å². The fourth-order valence-electron chi connectivity index (χ4n) is 3.52. The lowest BCUT2D eigenvalue weighted by Crippen LogP contribution is -2.57. The minimum atomic E-state index is -4.61. The van der Waals surface area contributed by atoms with Gasteiger partial charge in [-0.3, -0.25) is 10.8 Å². The molecule has 11 heteroatoms. The smallest absolute Gasteiger partial charge is 0.345 e. The summed E-state index contributed by atoms with van der Waals surface area (Å²) in [6, 6.07) is 7.12. The molecule has 1 unspecified atom stereocenters. The molecule has 2 aliphatic rings. The van der Waals surface area contributed by atoms with Crippen molar-refractivity contribution in [3.63, 3.8) is 0 Å². The number of nitrogens with zero attached hydrogens (tertiary/aromatic N) is 3. The number of halogens is 3. The standard InChI is InChI=1S/C19H19F3N8/c20-19(21,22)15-7-16(26-17-6-13(29-30-17)11-2-3-11)28-18(23,27-15)8-10-1-4-12-14(5-10)25-9-24-12/h1,4-7,9,11,27H,2-3,8,23H2,(H,24,25)(H2,26,28,29,30). The number of aromatic nitrogens is 4. The number of hydrogen-bond acceptors (Lipinski definition) is 6. The first kappa shape index (κ1) is 18.7. The van der Waals surface area contributed by atoms with E-state index in [0.717, 1.165) is 35.6 Å². The topological polar surface area (TPSA) is 120 Å². The lowest BCUT2D eigenvalue weighted by Gasteiger charge is -2.33. The third-order valence-corrected chi connectivity index (χ3v) is 5.09. The molecular formula is C19H19F3N8. The third kappa shape index (κ3) is 3.75. The summed E-state index contributed by atoms with van der Waals surface area (Å²) in [6.07, 6.45) is 0.0408. The summed E-state index contributed by atoms with van der Waals surface area (Å²) in [5.41, 5.74) is 8.50. The maximum absolute atomic E-state index is 13.5. The molecular weight excluding hydrogens is 397 g/mol. The second-order valence-corrected chi connectivity index (χ2v) is 7.64. The summed E-state index contributed by atoms with van der Waals surface area (Å²) >= 11 is 0. The highest BCUT2D eigenvalue weighted by atomic mass is 19.4. The molecule has 5 rings (SSSR count). The molecule has 1 aliphatic heterocycles. The number of aliphatic imine (C=N–C) groups is 1. The lowest BCUT2D eigenvalue weighted by atomic mass is 10.0. The Bertz CT molecular complexity index is 1150. The van der Waals surface area contributed by atoms with Gasteiger partial charge in [0.1, 0.15) is 11.5 Å². The van der Waals surface area contributed by atoms with E-state index in [1.165, 1.54) is 0 Å². The summed E-state index contributed by atoms with van der Waals surface area (Å²) in [5, 5.41) is 12.2. The maximum atomic E-state index is 13.5. The molecule has 0 radical (unpaired) electrons. The molecule has 6 N–H and O–H groups in total. The Kier molecular flexibility index (Phi) is 4.10. The Balaban J connectivity index is 1.44. The number of allylic oxidation sites excluding steroid dienone is 1. The van der Waals surface area contributed by atoms with Crippen molar-refractivity contribution in [1.29, 1.82) is 0 Å². The molecule has 1 aromatic carbocycles. The minimum absolute atomic E-state index is 0.0139. The molecule has 156 valence electrons. The first-order chi connectivity index (χ1) is 14.3. The van der Waals surface area contributed by atoms with Crippen LogP contribution >= 0.6 is 0 Å². The van der Waals surface area contributed by atoms with Gasteiger partial charge in [0.05, 0.1) is 17.4 Å². The number of aromatic amines is 2. The number of nitrogens with two attached hydrogens (primary N) is 1. The van der Waals surface area contributed by atoms with Crippen molar-refractivity contribution in [2.45, 2.75) is 37.1 Å². The summed E-state index contributed by atoms with van der Waals surface area (Å²) in [7, 11) is 0. The monoisotopic (exact) mass is 416 g/mol. The van der Waals surface area contributed by atoms with Crippen LogP contribution in [-0.4, -0.2) is 38.0 Å². The van der Waals surface area contributed by atoms with Gasteiger partial charge in [-0.2, -0.15) is 18.3 Å². The average Bonchev–Trinajstić information content (AvgIpc) is 3.23. The van der Waals surface area contributed by atoms with Gasteiger partial charge in [-0.25, -0.2) is 9.98 Å². The molecule has 1 atom stereocenters. The van der Waals surface area contributed by atoms with Gasteiger partial charge < -0.3 is 15.6 Å². The van der Waals surface area contributed by atoms with E-state index in [0.29, 0.717) is 17.3 Å². The zero-order valence-corrected chi connectivity index (χ0v) is 15.7. The predicted octanol–water partition coefficient (Wildman–Crippen LogP) is 2.88. The van der Waals surface area contributed by atoms with E-state index in [1.54, 1.807) is 30.6 Å². The van der Waals surface area contributed by atoms with E-state index in [-0.39, 0.29) is 12.3 Å². The molecule has 8 nitrogen and oxygen atoms in total. The Labute approximate surface area is 168 Å². The van der Waals surface area contributed by atoms with E-state index in [4.69, 9.17) is 5.73 Å². The first-order valence-electron chi connectivity index (χ1n) is 9.48. The fraction of sp³-hybridized carbons (Fsp3) is 0.316. The molecule has 0 saturated heterocycles. The Hall–Kier alpha value is -3.34. The number of nitrogens with one attached hydrogen (secondary N) is 4. The fourth-order valence-corrected chi connectivity index (χ4v) is 3.52. The molecule has 2 aromatic heterocycles. The number of hydrogen-bond donors (Lipinski definition) is 5. The van der Waals surface area contributed by atoms with Crippen molar-refractivity contribution < 1.29 is 13.2 Å². The molecule has 1 fully saturated rings. The van der Waals surface area contributed by atoms with Crippen LogP contribution < -0.4 is 16.4 Å². The second-order valence-electron chi connectivity index (χ2n) is 7.64. The highest BCUT2D eigenvalue weighted by Gasteiger charge is 2.41. The Morgan fingerprint density at radius 3 is 2.83 bits per heavy atom. The van der Waals surface area contributed by atoms with Gasteiger partial charge in [-0.05, 0) is 30.5 Å². The van der Waals surface area contributed by atoms with Crippen LogP contribution in [0.5, 0.6) is 0 Å². The van der Waals surface area contributed by atoms with Crippen LogP contribution in [0.2, 0.25) is 0 Å². The Morgan fingerprint density at radius 1 is 1.23 bits per heavy atom. The van der Waals surface area contributed by atoms with Crippen molar-refractivity contribution in [2.24, 2.45) is 10.7 Å². The molecule has 30 heavy (non-hydrogen) atoms. The first-order valence-corrected chi connectivity index (χ1v) is 9.48. The van der Waals surface area contributed by atoms with Gasteiger partial charge in [0.15, 0.2) is 11.6 Å².